The van der Waals surface area contributed by atoms with Crippen molar-refractivity contribution in [1.82, 2.24) is 9.80 Å². The van der Waals surface area contributed by atoms with Gasteiger partial charge in [0, 0.05) is 19.6 Å². The third-order valence-electron chi connectivity index (χ3n) is 4.34. The molecular formula is C15H31N3O2. The quantitative estimate of drug-likeness (QED) is 0.659. The summed E-state index contributed by atoms with van der Waals surface area (Å²) in [5.74, 6) is -0.847. The molecule has 0 aliphatic carbocycles. The van der Waals surface area contributed by atoms with Gasteiger partial charge < -0.3 is 20.6 Å². The van der Waals surface area contributed by atoms with E-state index in [9.17, 15) is 9.90 Å². The smallest absolute Gasteiger partial charge is 0.323 e. The number of unbranched alkanes of at least 4 members (excludes halogenated alkanes) is 2. The van der Waals surface area contributed by atoms with Gasteiger partial charge in [0.25, 0.3) is 0 Å². The van der Waals surface area contributed by atoms with Crippen LogP contribution in [0.5, 0.6) is 0 Å². The van der Waals surface area contributed by atoms with Crippen molar-refractivity contribution >= 4 is 5.97 Å². The number of nitrogens with two attached hydrogens (primary N) is 1. The van der Waals surface area contributed by atoms with Crippen molar-refractivity contribution in [2.24, 2.45) is 5.73 Å². The molecule has 1 atom stereocenters. The van der Waals surface area contributed by atoms with E-state index in [2.05, 4.69) is 23.8 Å². The third kappa shape index (κ3) is 5.77. The number of likely N-dealkylation sites (N-methyl/N-ethyl adjacent to an activating group) is 1. The average Bonchev–Trinajstić information content (AvgIpc) is 2.61. The molecule has 1 heterocycles. The van der Waals surface area contributed by atoms with E-state index in [1.54, 1.807) is 0 Å². The van der Waals surface area contributed by atoms with Crippen molar-refractivity contribution in [3.63, 3.8) is 0 Å². The summed E-state index contributed by atoms with van der Waals surface area (Å²) in [5, 5.41) is 9.41. The lowest BCUT2D eigenvalue weighted by Crippen LogP contribution is -2.50. The highest BCUT2D eigenvalue weighted by Gasteiger charge is 2.33. The van der Waals surface area contributed by atoms with E-state index < -0.39 is 11.5 Å². The highest BCUT2D eigenvalue weighted by Crippen LogP contribution is 2.18. The fourth-order valence-corrected chi connectivity index (χ4v) is 2.71. The van der Waals surface area contributed by atoms with Gasteiger partial charge >= 0.3 is 5.97 Å². The maximum Gasteiger partial charge on any atom is 0.323 e. The predicted molar refractivity (Wildman–Crippen MR) is 81.9 cm³/mol. The molecule has 1 unspecified atom stereocenters. The Morgan fingerprint density at radius 1 is 1.20 bits per heavy atom. The molecule has 1 fully saturated rings. The zero-order chi connectivity index (χ0) is 15.0. The molecule has 0 saturated carbocycles. The first-order chi connectivity index (χ1) is 9.48. The van der Waals surface area contributed by atoms with Gasteiger partial charge in [-0.1, -0.05) is 26.2 Å². The Bertz CT molecular complexity index is 299. The van der Waals surface area contributed by atoms with Gasteiger partial charge in [-0.3, -0.25) is 4.79 Å². The van der Waals surface area contributed by atoms with Gasteiger partial charge in [0.1, 0.15) is 5.54 Å². The van der Waals surface area contributed by atoms with Crippen molar-refractivity contribution in [3.8, 4) is 0 Å². The summed E-state index contributed by atoms with van der Waals surface area (Å²) in [6.45, 7) is 7.16. The van der Waals surface area contributed by atoms with Crippen LogP contribution in [0, 0.1) is 0 Å². The van der Waals surface area contributed by atoms with Gasteiger partial charge in [-0.05, 0) is 39.4 Å². The lowest BCUT2D eigenvalue weighted by Gasteiger charge is -2.28. The second kappa shape index (κ2) is 8.60. The van der Waals surface area contributed by atoms with Gasteiger partial charge in [-0.2, -0.15) is 0 Å². The summed E-state index contributed by atoms with van der Waals surface area (Å²) in [6, 6.07) is 0. The van der Waals surface area contributed by atoms with Crippen LogP contribution in [-0.4, -0.2) is 66.2 Å². The summed E-state index contributed by atoms with van der Waals surface area (Å²) in [6.07, 6.45) is 5.34. The van der Waals surface area contributed by atoms with Gasteiger partial charge in [0.15, 0.2) is 0 Å². The van der Waals surface area contributed by atoms with Crippen molar-refractivity contribution in [2.45, 2.75) is 51.0 Å². The molecule has 1 aliphatic rings. The van der Waals surface area contributed by atoms with Crippen molar-refractivity contribution in [1.29, 1.82) is 0 Å². The van der Waals surface area contributed by atoms with Crippen molar-refractivity contribution in [2.75, 3.05) is 39.8 Å². The number of rotatable bonds is 8. The summed E-state index contributed by atoms with van der Waals surface area (Å²) >= 11 is 0. The predicted octanol–water partition coefficient (Wildman–Crippen LogP) is 1.38. The lowest BCUT2D eigenvalue weighted by molar-refractivity contribution is -0.144. The third-order valence-corrected chi connectivity index (χ3v) is 4.34. The van der Waals surface area contributed by atoms with Crippen LogP contribution < -0.4 is 5.73 Å². The molecule has 0 spiro atoms. The highest BCUT2D eigenvalue weighted by atomic mass is 16.4. The summed E-state index contributed by atoms with van der Waals surface area (Å²) in [7, 11) is 2.14. The highest BCUT2D eigenvalue weighted by molar-refractivity contribution is 5.78. The molecule has 1 aliphatic heterocycles. The average molecular weight is 285 g/mol. The van der Waals surface area contributed by atoms with Crippen LogP contribution in [0.1, 0.15) is 45.4 Å². The minimum Gasteiger partial charge on any atom is -0.480 e. The summed E-state index contributed by atoms with van der Waals surface area (Å²) in [4.78, 5) is 16.1. The van der Waals surface area contributed by atoms with E-state index in [0.29, 0.717) is 12.8 Å². The second-order valence-electron chi connectivity index (χ2n) is 6.17. The largest absolute Gasteiger partial charge is 0.480 e. The number of nitrogens with zero attached hydrogens (tertiary/aromatic N) is 2. The Morgan fingerprint density at radius 2 is 1.95 bits per heavy atom. The summed E-state index contributed by atoms with van der Waals surface area (Å²) < 4.78 is 0. The Hall–Kier alpha value is -0.650. The van der Waals surface area contributed by atoms with Crippen LogP contribution in [0.4, 0.5) is 0 Å². The number of aliphatic carboxylic acids is 1. The Kier molecular flexibility index (Phi) is 7.48. The minimum absolute atomic E-state index is 0.551. The topological polar surface area (TPSA) is 69.8 Å². The fourth-order valence-electron chi connectivity index (χ4n) is 2.71. The molecule has 1 saturated heterocycles. The molecule has 0 radical (unpaired) electrons. The molecule has 5 nitrogen and oxygen atoms in total. The molecule has 0 aromatic carbocycles. The van der Waals surface area contributed by atoms with Crippen LogP contribution >= 0.6 is 0 Å². The van der Waals surface area contributed by atoms with Crippen LogP contribution in [0.25, 0.3) is 0 Å². The maximum atomic E-state index is 11.5. The first-order valence-corrected chi connectivity index (χ1v) is 7.91. The van der Waals surface area contributed by atoms with Gasteiger partial charge in [-0.25, -0.2) is 0 Å². The van der Waals surface area contributed by atoms with Crippen LogP contribution in [0.15, 0.2) is 0 Å². The number of carboxylic acids is 1. The molecule has 1 rings (SSSR count). The summed E-state index contributed by atoms with van der Waals surface area (Å²) in [5.41, 5.74) is 5.08. The van der Waals surface area contributed by atoms with Crippen LogP contribution in [0.3, 0.4) is 0 Å². The lowest BCUT2D eigenvalue weighted by atomic mass is 9.89. The zero-order valence-electron chi connectivity index (χ0n) is 13.1. The normalized spacial score (nSPS) is 21.4. The first-order valence-electron chi connectivity index (χ1n) is 7.91. The molecule has 0 aromatic heterocycles. The fraction of sp³-hybridized carbons (Fsp3) is 0.933. The standard InChI is InChI=1S/C15H31N3O2/c1-3-4-5-7-15(16,14(19)20)8-11-18-10-6-9-17(2)12-13-18/h3-13,16H2,1-2H3,(H,19,20). The Balaban J connectivity index is 2.43. The van der Waals surface area contributed by atoms with Gasteiger partial charge in [0.2, 0.25) is 0 Å². The molecule has 20 heavy (non-hydrogen) atoms. The van der Waals surface area contributed by atoms with E-state index >= 15 is 0 Å². The zero-order valence-corrected chi connectivity index (χ0v) is 13.1. The molecule has 0 amide bonds. The number of carboxylic acid groups (broad SMARTS) is 1. The van der Waals surface area contributed by atoms with E-state index in [4.69, 9.17) is 5.73 Å². The van der Waals surface area contributed by atoms with Crippen LogP contribution in [0.2, 0.25) is 0 Å². The van der Waals surface area contributed by atoms with Crippen molar-refractivity contribution < 1.29 is 9.90 Å². The second-order valence-corrected chi connectivity index (χ2v) is 6.17. The van der Waals surface area contributed by atoms with Gasteiger partial charge in [-0.15, -0.1) is 0 Å². The number of carbonyl (C=O) groups is 1. The molecule has 0 aromatic rings. The number of hydrogen-bond acceptors (Lipinski definition) is 4. The Morgan fingerprint density at radius 3 is 2.60 bits per heavy atom. The van der Waals surface area contributed by atoms with E-state index in [1.807, 2.05) is 0 Å². The Labute approximate surface area is 123 Å². The van der Waals surface area contributed by atoms with E-state index in [1.165, 1.54) is 0 Å². The minimum atomic E-state index is -1.05. The first kappa shape index (κ1) is 17.4. The monoisotopic (exact) mass is 285 g/mol. The molecule has 118 valence electrons. The van der Waals surface area contributed by atoms with Crippen molar-refractivity contribution in [3.05, 3.63) is 0 Å². The number of hydrogen-bond donors (Lipinski definition) is 2. The molecular weight excluding hydrogens is 254 g/mol. The maximum absolute atomic E-state index is 11.5. The van der Waals surface area contributed by atoms with E-state index in [0.717, 1.165) is 58.4 Å². The molecule has 0 bridgehead atoms. The molecule has 5 heteroatoms. The SMILES string of the molecule is CCCCCC(N)(CCN1CCCN(C)CC1)C(=O)O. The van der Waals surface area contributed by atoms with E-state index in [-0.39, 0.29) is 0 Å². The van der Waals surface area contributed by atoms with Crippen LogP contribution in [-0.2, 0) is 4.79 Å². The van der Waals surface area contributed by atoms with Gasteiger partial charge in [0.05, 0.1) is 0 Å². The molecule has 3 N–H and O–H groups in total.